The highest BCUT2D eigenvalue weighted by molar-refractivity contribution is 5.90. The van der Waals surface area contributed by atoms with Crippen LogP contribution in [0.3, 0.4) is 0 Å². The van der Waals surface area contributed by atoms with E-state index in [-0.39, 0.29) is 18.8 Å². The molecule has 0 spiro atoms. The SMILES string of the molecule is C=CCN(CC=C)C(=O)[C@@H]1OC(C(=O)OC(c2ccccc2)c2ccccc2)=C[C@H](NC(=O)OC(C)(C)C)[C@H]1NC(C)=O. The highest BCUT2D eigenvalue weighted by Crippen LogP contribution is 2.29. The van der Waals surface area contributed by atoms with Gasteiger partial charge in [0.05, 0.1) is 12.1 Å². The van der Waals surface area contributed by atoms with Crippen molar-refractivity contribution in [2.45, 2.75) is 57.6 Å². The van der Waals surface area contributed by atoms with Gasteiger partial charge in [-0.05, 0) is 38.0 Å². The lowest BCUT2D eigenvalue weighted by molar-refractivity contribution is -0.154. The largest absolute Gasteiger partial charge is 0.471 e. The number of ether oxygens (including phenoxy) is 3. The molecule has 0 bridgehead atoms. The summed E-state index contributed by atoms with van der Waals surface area (Å²) in [6.07, 6.45) is 1.35. The molecule has 2 N–H and O–H groups in total. The number of hydrogen-bond donors (Lipinski definition) is 2. The molecule has 0 aromatic heterocycles. The third-order valence-electron chi connectivity index (χ3n) is 6.24. The van der Waals surface area contributed by atoms with Crippen LogP contribution in [0.15, 0.2) is 97.8 Å². The smallest absolute Gasteiger partial charge is 0.408 e. The molecular weight excluding hydrogens is 550 g/mol. The average Bonchev–Trinajstić information content (AvgIpc) is 2.95. The predicted molar refractivity (Wildman–Crippen MR) is 162 cm³/mol. The molecule has 0 radical (unpaired) electrons. The van der Waals surface area contributed by atoms with Crippen molar-refractivity contribution in [3.63, 3.8) is 0 Å². The fourth-order valence-corrected chi connectivity index (χ4v) is 4.50. The standard InChI is InChI=1S/C33H39N3O7/c1-7-19-36(20-8-2)30(38)29-27(34-22(3)37)25(35-32(40)43-33(4,5)6)21-26(41-29)31(39)42-28(23-15-11-9-12-16-23)24-17-13-10-14-18-24/h7-18,21,25,27-29H,1-2,19-20H2,3-6H3,(H,34,37)(H,35,40)/t25-,27+,29+/m0/s1. The zero-order chi connectivity index (χ0) is 31.6. The van der Waals surface area contributed by atoms with E-state index in [4.69, 9.17) is 14.2 Å². The first-order chi connectivity index (χ1) is 20.4. The van der Waals surface area contributed by atoms with Gasteiger partial charge in [0.15, 0.2) is 12.2 Å². The molecule has 2 aromatic carbocycles. The summed E-state index contributed by atoms with van der Waals surface area (Å²) < 4.78 is 17.4. The Morgan fingerprint density at radius 2 is 1.47 bits per heavy atom. The molecule has 1 aliphatic heterocycles. The van der Waals surface area contributed by atoms with Crippen molar-refractivity contribution in [2.24, 2.45) is 0 Å². The first-order valence-corrected chi connectivity index (χ1v) is 13.9. The zero-order valence-electron chi connectivity index (χ0n) is 24.9. The van der Waals surface area contributed by atoms with Crippen molar-refractivity contribution in [1.82, 2.24) is 15.5 Å². The Morgan fingerprint density at radius 1 is 0.930 bits per heavy atom. The van der Waals surface area contributed by atoms with Crippen molar-refractivity contribution in [2.75, 3.05) is 13.1 Å². The Balaban J connectivity index is 2.05. The number of esters is 1. The average molecular weight is 590 g/mol. The summed E-state index contributed by atoms with van der Waals surface area (Å²) in [5, 5.41) is 5.36. The highest BCUT2D eigenvalue weighted by atomic mass is 16.6. The molecule has 0 aliphatic carbocycles. The van der Waals surface area contributed by atoms with Gasteiger partial charge in [0, 0.05) is 20.0 Å². The van der Waals surface area contributed by atoms with Crippen molar-refractivity contribution in [3.05, 3.63) is 109 Å². The van der Waals surface area contributed by atoms with Gasteiger partial charge in [-0.15, -0.1) is 13.2 Å². The van der Waals surface area contributed by atoms with Crippen LogP contribution in [0, 0.1) is 0 Å². The first kappa shape index (κ1) is 32.7. The summed E-state index contributed by atoms with van der Waals surface area (Å²) in [7, 11) is 0. The molecule has 3 rings (SSSR count). The minimum atomic E-state index is -1.41. The Morgan fingerprint density at radius 3 is 1.93 bits per heavy atom. The molecular formula is C33H39N3O7. The zero-order valence-corrected chi connectivity index (χ0v) is 24.9. The quantitative estimate of drug-likeness (QED) is 0.298. The third kappa shape index (κ3) is 9.32. The molecule has 0 unspecified atom stereocenters. The van der Waals surface area contributed by atoms with Gasteiger partial charge in [0.1, 0.15) is 5.60 Å². The Labute approximate surface area is 252 Å². The van der Waals surface area contributed by atoms with E-state index in [0.717, 1.165) is 0 Å². The molecule has 0 saturated heterocycles. The number of rotatable bonds is 11. The molecule has 1 aliphatic rings. The third-order valence-corrected chi connectivity index (χ3v) is 6.24. The van der Waals surface area contributed by atoms with E-state index < -0.39 is 53.8 Å². The monoisotopic (exact) mass is 589 g/mol. The van der Waals surface area contributed by atoms with Crippen LogP contribution in [0.25, 0.3) is 0 Å². The molecule has 3 atom stereocenters. The van der Waals surface area contributed by atoms with Crippen LogP contribution in [0.1, 0.15) is 44.9 Å². The van der Waals surface area contributed by atoms with Gasteiger partial charge in [0.2, 0.25) is 11.7 Å². The van der Waals surface area contributed by atoms with Gasteiger partial charge in [-0.1, -0.05) is 72.8 Å². The number of nitrogens with zero attached hydrogens (tertiary/aromatic N) is 1. The minimum Gasteiger partial charge on any atom is -0.471 e. The fraction of sp³-hybridized carbons (Fsp3) is 0.333. The number of alkyl carbamates (subject to hydrolysis) is 1. The van der Waals surface area contributed by atoms with Crippen molar-refractivity contribution in [1.29, 1.82) is 0 Å². The second kappa shape index (κ2) is 14.9. The molecule has 10 heteroatoms. The van der Waals surface area contributed by atoms with Gasteiger partial charge >= 0.3 is 12.1 Å². The Bertz CT molecular complexity index is 1290. The summed E-state index contributed by atoms with van der Waals surface area (Å²) in [5.74, 6) is -2.22. The molecule has 1 heterocycles. The summed E-state index contributed by atoms with van der Waals surface area (Å²) in [6, 6.07) is 16.2. The van der Waals surface area contributed by atoms with Gasteiger partial charge < -0.3 is 29.7 Å². The van der Waals surface area contributed by atoms with E-state index >= 15 is 0 Å². The molecule has 0 fully saturated rings. The van der Waals surface area contributed by atoms with E-state index in [1.807, 2.05) is 60.7 Å². The summed E-state index contributed by atoms with van der Waals surface area (Å²) in [5.41, 5.74) is 0.602. The maximum absolute atomic E-state index is 13.8. The lowest BCUT2D eigenvalue weighted by Crippen LogP contribution is -2.63. The fourth-order valence-electron chi connectivity index (χ4n) is 4.50. The van der Waals surface area contributed by atoms with Crippen LogP contribution in [0.5, 0.6) is 0 Å². The van der Waals surface area contributed by atoms with Crippen LogP contribution < -0.4 is 10.6 Å². The van der Waals surface area contributed by atoms with Crippen LogP contribution >= 0.6 is 0 Å². The molecule has 43 heavy (non-hydrogen) atoms. The molecule has 10 nitrogen and oxygen atoms in total. The van der Waals surface area contributed by atoms with Crippen LogP contribution in [-0.2, 0) is 28.6 Å². The molecule has 3 amide bonds. The number of carbonyl (C=O) groups excluding carboxylic acids is 4. The van der Waals surface area contributed by atoms with Crippen molar-refractivity contribution in [3.8, 4) is 0 Å². The van der Waals surface area contributed by atoms with E-state index in [1.54, 1.807) is 20.8 Å². The second-order valence-electron chi connectivity index (χ2n) is 10.9. The van der Waals surface area contributed by atoms with E-state index in [1.165, 1.54) is 30.1 Å². The number of benzene rings is 2. The van der Waals surface area contributed by atoms with Crippen LogP contribution in [0.4, 0.5) is 4.79 Å². The summed E-state index contributed by atoms with van der Waals surface area (Å²) in [4.78, 5) is 54.0. The van der Waals surface area contributed by atoms with Crippen molar-refractivity contribution < 1.29 is 33.4 Å². The number of amides is 3. The maximum Gasteiger partial charge on any atom is 0.408 e. The lowest BCUT2D eigenvalue weighted by atomic mass is 9.96. The van der Waals surface area contributed by atoms with E-state index in [2.05, 4.69) is 23.8 Å². The van der Waals surface area contributed by atoms with Crippen molar-refractivity contribution >= 4 is 23.9 Å². The Kier molecular flexibility index (Phi) is 11.3. The topological polar surface area (TPSA) is 123 Å². The van der Waals surface area contributed by atoms with Crippen LogP contribution in [-0.4, -0.2) is 65.7 Å². The van der Waals surface area contributed by atoms with Gasteiger partial charge in [-0.25, -0.2) is 9.59 Å². The number of hydrogen-bond acceptors (Lipinski definition) is 7. The molecule has 0 saturated carbocycles. The van der Waals surface area contributed by atoms with Gasteiger partial charge in [0.25, 0.3) is 5.91 Å². The van der Waals surface area contributed by atoms with E-state index in [9.17, 15) is 19.2 Å². The second-order valence-corrected chi connectivity index (χ2v) is 10.9. The predicted octanol–water partition coefficient (Wildman–Crippen LogP) is 4.20. The lowest BCUT2D eigenvalue weighted by Gasteiger charge is -2.38. The number of nitrogens with one attached hydrogen (secondary N) is 2. The maximum atomic E-state index is 13.8. The van der Waals surface area contributed by atoms with E-state index in [0.29, 0.717) is 11.1 Å². The summed E-state index contributed by atoms with van der Waals surface area (Å²) in [6.45, 7) is 14.1. The normalized spacial score (nSPS) is 17.9. The molecule has 2 aromatic rings. The van der Waals surface area contributed by atoms with Crippen LogP contribution in [0.2, 0.25) is 0 Å². The van der Waals surface area contributed by atoms with Gasteiger partial charge in [-0.3, -0.25) is 9.59 Å². The number of carbonyl (C=O) groups is 4. The molecule has 228 valence electrons. The minimum absolute atomic E-state index is 0.148. The first-order valence-electron chi connectivity index (χ1n) is 13.9. The van der Waals surface area contributed by atoms with Gasteiger partial charge in [-0.2, -0.15) is 0 Å². The Hall–Kier alpha value is -4.86. The summed E-state index contributed by atoms with van der Waals surface area (Å²) >= 11 is 0. The highest BCUT2D eigenvalue weighted by Gasteiger charge is 2.44.